The third-order valence-corrected chi connectivity index (χ3v) is 4.69. The van der Waals surface area contributed by atoms with Crippen molar-refractivity contribution in [1.29, 1.82) is 0 Å². The zero-order valence-electron chi connectivity index (χ0n) is 12.7. The average Bonchev–Trinajstić information content (AvgIpc) is 3.07. The summed E-state index contributed by atoms with van der Waals surface area (Å²) < 4.78 is 5.11. The number of pyridine rings is 1. The molecule has 1 N–H and O–H groups in total. The maximum absolute atomic E-state index is 10.6. The van der Waals surface area contributed by atoms with E-state index in [-0.39, 0.29) is 5.92 Å². The summed E-state index contributed by atoms with van der Waals surface area (Å²) in [7, 11) is 0. The van der Waals surface area contributed by atoms with Crippen LogP contribution in [0.15, 0.2) is 36.8 Å². The second-order valence-corrected chi connectivity index (χ2v) is 6.02. The van der Waals surface area contributed by atoms with Gasteiger partial charge in [-0.1, -0.05) is 19.3 Å². The number of rotatable bonds is 6. The number of aromatic nitrogens is 2. The number of hydrogen-bond acceptors (Lipinski definition) is 3. The number of nitrogens with one attached hydrogen (secondary N) is 1. The van der Waals surface area contributed by atoms with Crippen molar-refractivity contribution < 1.29 is 9.53 Å². The Morgan fingerprint density at radius 2 is 2.05 bits per heavy atom. The van der Waals surface area contributed by atoms with Crippen molar-refractivity contribution >= 4 is 6.47 Å². The summed E-state index contributed by atoms with van der Waals surface area (Å²) >= 11 is 0. The minimum atomic E-state index is 0.289. The average molecular weight is 298 g/mol. The molecule has 1 fully saturated rings. The molecule has 1 unspecified atom stereocenters. The normalized spacial score (nSPS) is 17.1. The van der Waals surface area contributed by atoms with Crippen LogP contribution in [0.5, 0.6) is 0 Å². The maximum Gasteiger partial charge on any atom is 0.293 e. The van der Waals surface area contributed by atoms with Crippen LogP contribution >= 0.6 is 0 Å². The summed E-state index contributed by atoms with van der Waals surface area (Å²) in [5.74, 6) is 0.895. The first-order chi connectivity index (χ1) is 10.9. The van der Waals surface area contributed by atoms with Crippen molar-refractivity contribution in [1.82, 2.24) is 9.97 Å². The first-order valence-electron chi connectivity index (χ1n) is 8.02. The lowest BCUT2D eigenvalue weighted by atomic mass is 9.78. The second kappa shape index (κ2) is 7.25. The van der Waals surface area contributed by atoms with E-state index in [9.17, 15) is 4.79 Å². The zero-order valence-corrected chi connectivity index (χ0v) is 12.7. The van der Waals surface area contributed by atoms with Crippen molar-refractivity contribution in [3.8, 4) is 11.3 Å². The lowest BCUT2D eigenvalue weighted by Gasteiger charge is -2.29. The van der Waals surface area contributed by atoms with E-state index in [1.165, 1.54) is 37.7 Å². The molecule has 0 spiro atoms. The molecular weight excluding hydrogens is 276 g/mol. The third-order valence-electron chi connectivity index (χ3n) is 4.69. The SMILES string of the molecule is O=COCC(c1c[nH]c(-c2ccncc2)c1)C1CCCCC1. The molecule has 3 rings (SSSR count). The number of carbonyl (C=O) groups is 1. The molecule has 116 valence electrons. The summed E-state index contributed by atoms with van der Waals surface area (Å²) in [6.07, 6.45) is 12.0. The molecule has 2 aromatic heterocycles. The Labute approximate surface area is 130 Å². The fourth-order valence-electron chi connectivity index (χ4n) is 3.51. The van der Waals surface area contributed by atoms with Crippen molar-refractivity contribution in [2.45, 2.75) is 38.0 Å². The Bertz CT molecular complexity index is 588. The maximum atomic E-state index is 10.6. The van der Waals surface area contributed by atoms with Crippen molar-refractivity contribution in [3.63, 3.8) is 0 Å². The van der Waals surface area contributed by atoms with Gasteiger partial charge in [-0.05, 0) is 42.5 Å². The molecule has 0 amide bonds. The van der Waals surface area contributed by atoms with Crippen LogP contribution in [-0.2, 0) is 9.53 Å². The van der Waals surface area contributed by atoms with Crippen LogP contribution in [0.1, 0.15) is 43.6 Å². The first-order valence-corrected chi connectivity index (χ1v) is 8.02. The van der Waals surface area contributed by atoms with Gasteiger partial charge in [-0.3, -0.25) is 9.78 Å². The third kappa shape index (κ3) is 3.38. The van der Waals surface area contributed by atoms with E-state index >= 15 is 0 Å². The zero-order chi connectivity index (χ0) is 15.2. The van der Waals surface area contributed by atoms with E-state index < -0.39 is 0 Å². The van der Waals surface area contributed by atoms with Gasteiger partial charge in [0.25, 0.3) is 6.47 Å². The van der Waals surface area contributed by atoms with Crippen LogP contribution in [0.2, 0.25) is 0 Å². The van der Waals surface area contributed by atoms with Gasteiger partial charge in [-0.2, -0.15) is 0 Å². The fourth-order valence-corrected chi connectivity index (χ4v) is 3.51. The lowest BCUT2D eigenvalue weighted by Crippen LogP contribution is -2.20. The van der Waals surface area contributed by atoms with Crippen LogP contribution in [0, 0.1) is 5.92 Å². The van der Waals surface area contributed by atoms with Crippen LogP contribution in [-0.4, -0.2) is 23.0 Å². The molecule has 4 nitrogen and oxygen atoms in total. The van der Waals surface area contributed by atoms with Gasteiger partial charge in [-0.25, -0.2) is 0 Å². The van der Waals surface area contributed by atoms with E-state index in [1.807, 2.05) is 12.1 Å². The predicted molar refractivity (Wildman–Crippen MR) is 85.4 cm³/mol. The molecule has 1 aliphatic carbocycles. The molecule has 2 heterocycles. The number of aromatic amines is 1. The van der Waals surface area contributed by atoms with Gasteiger partial charge in [0, 0.05) is 35.8 Å². The molecule has 0 saturated heterocycles. The van der Waals surface area contributed by atoms with Gasteiger partial charge in [0.05, 0.1) is 6.61 Å². The van der Waals surface area contributed by atoms with Gasteiger partial charge in [-0.15, -0.1) is 0 Å². The van der Waals surface area contributed by atoms with Crippen LogP contribution in [0.25, 0.3) is 11.3 Å². The molecule has 1 saturated carbocycles. The Balaban J connectivity index is 1.81. The van der Waals surface area contributed by atoms with E-state index in [2.05, 4.69) is 22.2 Å². The largest absolute Gasteiger partial charge is 0.467 e. The van der Waals surface area contributed by atoms with E-state index in [1.54, 1.807) is 12.4 Å². The Hall–Kier alpha value is -2.10. The predicted octanol–water partition coefficient (Wildman–Crippen LogP) is 3.91. The van der Waals surface area contributed by atoms with Crippen molar-refractivity contribution in [3.05, 3.63) is 42.4 Å². The minimum absolute atomic E-state index is 0.289. The molecule has 0 radical (unpaired) electrons. The van der Waals surface area contributed by atoms with Crippen LogP contribution < -0.4 is 0 Å². The quantitative estimate of drug-likeness (QED) is 0.822. The fraction of sp³-hybridized carbons (Fsp3) is 0.444. The molecule has 1 aliphatic rings. The van der Waals surface area contributed by atoms with E-state index in [4.69, 9.17) is 4.74 Å². The molecule has 4 heteroatoms. The highest BCUT2D eigenvalue weighted by molar-refractivity contribution is 5.59. The highest BCUT2D eigenvalue weighted by Crippen LogP contribution is 2.37. The lowest BCUT2D eigenvalue weighted by molar-refractivity contribution is -0.129. The van der Waals surface area contributed by atoms with E-state index in [0.29, 0.717) is 19.0 Å². The summed E-state index contributed by atoms with van der Waals surface area (Å²) in [6.45, 7) is 1.04. The number of carbonyl (C=O) groups excluding carboxylic acids is 1. The smallest absolute Gasteiger partial charge is 0.293 e. The Morgan fingerprint density at radius 1 is 1.27 bits per heavy atom. The molecule has 0 aromatic carbocycles. The first kappa shape index (κ1) is 14.8. The summed E-state index contributed by atoms with van der Waals surface area (Å²) in [5, 5.41) is 0. The monoisotopic (exact) mass is 298 g/mol. The van der Waals surface area contributed by atoms with E-state index in [0.717, 1.165) is 11.3 Å². The van der Waals surface area contributed by atoms with Gasteiger partial charge >= 0.3 is 0 Å². The summed E-state index contributed by atoms with van der Waals surface area (Å²) in [6, 6.07) is 6.17. The molecule has 0 aliphatic heterocycles. The van der Waals surface area contributed by atoms with Gasteiger partial charge in [0.1, 0.15) is 0 Å². The Morgan fingerprint density at radius 3 is 2.77 bits per heavy atom. The number of ether oxygens (including phenoxy) is 1. The standard InChI is InChI=1S/C18H22N2O2/c21-13-22-12-17(14-4-2-1-3-5-14)16-10-18(20-11-16)15-6-8-19-9-7-15/h6-11,13-14,17,20H,1-5,12H2. The highest BCUT2D eigenvalue weighted by Gasteiger charge is 2.26. The van der Waals surface area contributed by atoms with Crippen molar-refractivity contribution in [2.24, 2.45) is 5.92 Å². The molecular formula is C18H22N2O2. The molecule has 1 atom stereocenters. The topological polar surface area (TPSA) is 55.0 Å². The minimum Gasteiger partial charge on any atom is -0.467 e. The van der Waals surface area contributed by atoms with Crippen LogP contribution in [0.3, 0.4) is 0 Å². The van der Waals surface area contributed by atoms with Crippen LogP contribution in [0.4, 0.5) is 0 Å². The molecule has 2 aromatic rings. The number of nitrogens with zero attached hydrogens (tertiary/aromatic N) is 1. The molecule has 0 bridgehead atoms. The summed E-state index contributed by atoms with van der Waals surface area (Å²) in [4.78, 5) is 18.0. The number of hydrogen-bond donors (Lipinski definition) is 1. The van der Waals surface area contributed by atoms with Gasteiger partial charge < -0.3 is 9.72 Å². The second-order valence-electron chi connectivity index (χ2n) is 6.02. The summed E-state index contributed by atoms with van der Waals surface area (Å²) in [5.41, 5.74) is 3.45. The number of H-pyrrole nitrogens is 1. The van der Waals surface area contributed by atoms with Crippen molar-refractivity contribution in [2.75, 3.05) is 6.61 Å². The van der Waals surface area contributed by atoms with Gasteiger partial charge in [0.15, 0.2) is 0 Å². The Kier molecular flexibility index (Phi) is 4.88. The highest BCUT2D eigenvalue weighted by atomic mass is 16.5. The van der Waals surface area contributed by atoms with Gasteiger partial charge in [0.2, 0.25) is 0 Å². The molecule has 22 heavy (non-hydrogen) atoms.